The second kappa shape index (κ2) is 5.87. The van der Waals surface area contributed by atoms with Crippen LogP contribution in [0.3, 0.4) is 0 Å². The molecule has 0 aromatic carbocycles. The fraction of sp³-hybridized carbons (Fsp3) is 1.00. The minimum atomic E-state index is -0.357. The molecule has 27 heavy (non-hydrogen) atoms. The summed E-state index contributed by atoms with van der Waals surface area (Å²) in [5.41, 5.74) is 0.479. The minimum absolute atomic E-state index is 0.0533. The van der Waals surface area contributed by atoms with Gasteiger partial charge in [-0.25, -0.2) is 0 Å². The topological polar surface area (TPSA) is 40.2 Å². The van der Waals surface area contributed by atoms with Gasteiger partial charge in [-0.1, -0.05) is 13.8 Å². The molecule has 6 fully saturated rings. The number of hydrogen-bond donors (Lipinski definition) is 0. The van der Waals surface area contributed by atoms with Crippen LogP contribution in [0.4, 0.5) is 0 Å². The summed E-state index contributed by atoms with van der Waals surface area (Å²) >= 11 is 1.55. The Balaban J connectivity index is 1.32. The average molecular weight is 395 g/mol. The molecule has 4 aliphatic carbocycles. The van der Waals surface area contributed by atoms with E-state index in [-0.39, 0.29) is 11.2 Å². The number of epoxide rings is 1. The molecule has 2 aliphatic heterocycles. The van der Waals surface area contributed by atoms with Crippen LogP contribution in [0.15, 0.2) is 0 Å². The zero-order valence-electron chi connectivity index (χ0n) is 16.9. The van der Waals surface area contributed by atoms with E-state index < -0.39 is 0 Å². The van der Waals surface area contributed by atoms with Gasteiger partial charge < -0.3 is 18.4 Å². The van der Waals surface area contributed by atoms with Crippen molar-refractivity contribution in [3.63, 3.8) is 0 Å². The van der Waals surface area contributed by atoms with E-state index in [2.05, 4.69) is 20.1 Å². The van der Waals surface area contributed by atoms with Gasteiger partial charge in [0, 0.05) is 12.7 Å². The van der Waals surface area contributed by atoms with E-state index in [0.29, 0.717) is 29.6 Å². The summed E-state index contributed by atoms with van der Waals surface area (Å²) in [5.74, 6) is 2.65. The fourth-order valence-electron chi connectivity index (χ4n) is 8.70. The summed E-state index contributed by atoms with van der Waals surface area (Å²) in [6, 6.07) is 0. The molecule has 6 rings (SSSR count). The number of ether oxygens (including phenoxy) is 3. The molecule has 9 atom stereocenters. The molecule has 0 amide bonds. The lowest BCUT2D eigenvalue weighted by Crippen LogP contribution is -2.60. The maximum absolute atomic E-state index is 6.54. The lowest BCUT2D eigenvalue weighted by Gasteiger charge is -2.59. The molecule has 0 N–H and O–H groups in total. The highest BCUT2D eigenvalue weighted by atomic mass is 32.2. The normalized spacial score (nSPS) is 57.7. The van der Waals surface area contributed by atoms with Gasteiger partial charge in [-0.2, -0.15) is 0 Å². The van der Waals surface area contributed by atoms with Crippen LogP contribution in [0.2, 0.25) is 0 Å². The van der Waals surface area contributed by atoms with Crippen LogP contribution in [0.1, 0.15) is 58.8 Å². The quantitative estimate of drug-likeness (QED) is 0.512. The summed E-state index contributed by atoms with van der Waals surface area (Å²) in [6.07, 6.45) is 12.1. The third-order valence-electron chi connectivity index (χ3n) is 9.91. The van der Waals surface area contributed by atoms with Crippen molar-refractivity contribution < 1.29 is 18.4 Å². The highest BCUT2D eigenvalue weighted by Gasteiger charge is 2.78. The predicted octanol–water partition coefficient (Wildman–Crippen LogP) is 4.42. The first-order chi connectivity index (χ1) is 13.0. The van der Waals surface area contributed by atoms with E-state index in [4.69, 9.17) is 18.4 Å². The van der Waals surface area contributed by atoms with Crippen molar-refractivity contribution in [2.75, 3.05) is 19.5 Å². The second-order valence-corrected chi connectivity index (χ2v) is 11.1. The van der Waals surface area contributed by atoms with E-state index in [0.717, 1.165) is 37.4 Å². The van der Waals surface area contributed by atoms with E-state index in [1.165, 1.54) is 38.5 Å². The van der Waals surface area contributed by atoms with E-state index in [1.54, 1.807) is 12.0 Å². The maximum Gasteiger partial charge on any atom is 0.176 e. The lowest BCUT2D eigenvalue weighted by molar-refractivity contribution is -0.242. The van der Waals surface area contributed by atoms with Crippen LogP contribution in [0.25, 0.3) is 0 Å². The Labute approximate surface area is 167 Å². The van der Waals surface area contributed by atoms with Crippen LogP contribution in [-0.4, -0.2) is 43.6 Å². The Bertz CT molecular complexity index is 621. The van der Waals surface area contributed by atoms with Gasteiger partial charge >= 0.3 is 0 Å². The van der Waals surface area contributed by atoms with Crippen LogP contribution in [0.5, 0.6) is 0 Å². The molecule has 4 nitrogen and oxygen atoms in total. The molecule has 5 heteroatoms. The molecule has 2 heterocycles. The Hall–Kier alpha value is 0.190. The summed E-state index contributed by atoms with van der Waals surface area (Å²) in [7, 11) is 0. The molecule has 0 bridgehead atoms. The van der Waals surface area contributed by atoms with E-state index >= 15 is 0 Å². The van der Waals surface area contributed by atoms with Crippen LogP contribution < -0.4 is 0 Å². The third kappa shape index (κ3) is 2.16. The van der Waals surface area contributed by atoms with Crippen molar-refractivity contribution >= 4 is 12.0 Å². The molecule has 0 aromatic rings. The van der Waals surface area contributed by atoms with Crippen LogP contribution in [0, 0.1) is 34.5 Å². The molecule has 0 aromatic heterocycles. The van der Waals surface area contributed by atoms with E-state index in [9.17, 15) is 0 Å². The standard InChI is InChI=1S/C22H34O4S/c1-20-8-6-14(26-27-3)12-13(20)4-5-15-16-7-9-22(23-10-11-24-22)21(16,2)19-18(25-19)17(15)20/h13-19H,4-12H2,1-3H3/t13-,14-,15?,16?,17?,18+,19+,20+,21-/m1/s1. The van der Waals surface area contributed by atoms with Gasteiger partial charge in [-0.15, -0.1) is 0 Å². The first-order valence-electron chi connectivity index (χ1n) is 11.2. The molecule has 4 saturated carbocycles. The highest BCUT2D eigenvalue weighted by molar-refractivity contribution is 7.93. The van der Waals surface area contributed by atoms with Crippen molar-refractivity contribution in [1.82, 2.24) is 0 Å². The molecule has 6 aliphatic rings. The Morgan fingerprint density at radius 3 is 2.59 bits per heavy atom. The van der Waals surface area contributed by atoms with Gasteiger partial charge in [0.05, 0.1) is 36.9 Å². The summed E-state index contributed by atoms with van der Waals surface area (Å²) in [6.45, 7) is 6.54. The predicted molar refractivity (Wildman–Crippen MR) is 104 cm³/mol. The Morgan fingerprint density at radius 1 is 1.00 bits per heavy atom. The van der Waals surface area contributed by atoms with Crippen LogP contribution in [-0.2, 0) is 18.4 Å². The van der Waals surface area contributed by atoms with Crippen molar-refractivity contribution in [2.24, 2.45) is 34.5 Å². The monoisotopic (exact) mass is 394 g/mol. The third-order valence-corrected chi connectivity index (χ3v) is 10.4. The molecule has 1 spiro atoms. The van der Waals surface area contributed by atoms with Crippen molar-refractivity contribution in [3.8, 4) is 0 Å². The summed E-state index contributed by atoms with van der Waals surface area (Å²) < 4.78 is 25.1. The number of rotatable bonds is 2. The molecule has 0 radical (unpaired) electrons. The zero-order valence-corrected chi connectivity index (χ0v) is 17.8. The molecule has 3 unspecified atom stereocenters. The average Bonchev–Trinajstić information content (AvgIpc) is 3.21. The molecule has 152 valence electrons. The Morgan fingerprint density at radius 2 is 1.81 bits per heavy atom. The summed E-state index contributed by atoms with van der Waals surface area (Å²) in [5, 5.41) is 0. The first-order valence-corrected chi connectivity index (χ1v) is 12.3. The van der Waals surface area contributed by atoms with Crippen molar-refractivity contribution in [2.45, 2.75) is 82.9 Å². The van der Waals surface area contributed by atoms with Gasteiger partial charge in [0.2, 0.25) is 0 Å². The van der Waals surface area contributed by atoms with Gasteiger partial charge in [0.15, 0.2) is 5.79 Å². The summed E-state index contributed by atoms with van der Waals surface area (Å²) in [4.78, 5) is 0. The van der Waals surface area contributed by atoms with Gasteiger partial charge in [0.25, 0.3) is 0 Å². The SMILES string of the molecule is CSO[C@@H]1CC[C@]2(C)C3C(CC[C@@H]2C1)C1CCC2(OCCO2)[C@@]1(C)[C@H]1O[C@@H]31. The molecule has 2 saturated heterocycles. The van der Waals surface area contributed by atoms with Crippen molar-refractivity contribution in [1.29, 1.82) is 0 Å². The van der Waals surface area contributed by atoms with Crippen molar-refractivity contribution in [3.05, 3.63) is 0 Å². The lowest BCUT2D eigenvalue weighted by atomic mass is 9.45. The minimum Gasteiger partial charge on any atom is -0.368 e. The first kappa shape index (κ1) is 18.0. The largest absolute Gasteiger partial charge is 0.368 e. The van der Waals surface area contributed by atoms with E-state index in [1.807, 2.05) is 0 Å². The smallest absolute Gasteiger partial charge is 0.176 e. The number of fused-ring (bicyclic) bond motifs is 9. The number of hydrogen-bond acceptors (Lipinski definition) is 5. The van der Waals surface area contributed by atoms with Crippen LogP contribution >= 0.6 is 12.0 Å². The van der Waals surface area contributed by atoms with Gasteiger partial charge in [-0.3, -0.25) is 0 Å². The Kier molecular flexibility index (Phi) is 3.92. The maximum atomic E-state index is 6.54. The highest BCUT2D eigenvalue weighted by Crippen LogP contribution is 2.74. The fourth-order valence-corrected chi connectivity index (χ4v) is 9.14. The second-order valence-electron chi connectivity index (χ2n) is 10.5. The molecular weight excluding hydrogens is 360 g/mol. The van der Waals surface area contributed by atoms with Gasteiger partial charge in [0.1, 0.15) is 0 Å². The molecular formula is C22H34O4S. The van der Waals surface area contributed by atoms with Gasteiger partial charge in [-0.05, 0) is 79.7 Å². The zero-order chi connectivity index (χ0) is 18.4.